The van der Waals surface area contributed by atoms with Crippen LogP contribution < -0.4 is 4.43 Å². The molecule has 0 bridgehead atoms. The van der Waals surface area contributed by atoms with Crippen LogP contribution in [0.5, 0.6) is 11.5 Å². The van der Waals surface area contributed by atoms with Crippen molar-refractivity contribution in [1.82, 2.24) is 0 Å². The number of carbonyl (C=O) groups excluding carboxylic acids is 1. The van der Waals surface area contributed by atoms with Crippen LogP contribution in [0.1, 0.15) is 64.0 Å². The predicted molar refractivity (Wildman–Crippen MR) is 117 cm³/mol. The Labute approximate surface area is 169 Å². The van der Waals surface area contributed by atoms with Gasteiger partial charge in [0, 0.05) is 17.2 Å². The summed E-state index contributed by atoms with van der Waals surface area (Å²) in [6, 6.07) is 7.84. The molecule has 1 N–H and O–H groups in total. The van der Waals surface area contributed by atoms with Crippen LogP contribution in [-0.4, -0.2) is 19.2 Å². The van der Waals surface area contributed by atoms with E-state index in [1.807, 2.05) is 12.1 Å². The Hall–Kier alpha value is -1.81. The molecule has 3 nitrogen and oxygen atoms in total. The molecule has 0 aliphatic heterocycles. The van der Waals surface area contributed by atoms with Crippen molar-refractivity contribution in [3.8, 4) is 11.5 Å². The zero-order valence-electron chi connectivity index (χ0n) is 18.0. The fourth-order valence-corrected chi connectivity index (χ4v) is 5.86. The Kier molecular flexibility index (Phi) is 4.24. The largest absolute Gasteiger partial charge is 0.543 e. The monoisotopic (exact) mass is 396 g/mol. The number of hydrogen-bond acceptors (Lipinski definition) is 3. The van der Waals surface area contributed by atoms with Gasteiger partial charge in [-0.2, -0.15) is 0 Å². The molecule has 150 valence electrons. The number of phenols is 1. The second-order valence-electron chi connectivity index (χ2n) is 10.5. The molecule has 1 unspecified atom stereocenters. The lowest BCUT2D eigenvalue weighted by Crippen LogP contribution is -2.44. The van der Waals surface area contributed by atoms with Gasteiger partial charge in [-0.1, -0.05) is 33.8 Å². The molecule has 2 aromatic carbocycles. The van der Waals surface area contributed by atoms with Crippen LogP contribution in [0.2, 0.25) is 18.1 Å². The normalized spacial score (nSPS) is 24.9. The first kappa shape index (κ1) is 19.5. The maximum absolute atomic E-state index is 12.6. The van der Waals surface area contributed by atoms with E-state index in [4.69, 9.17) is 4.43 Å². The molecule has 0 heterocycles. The number of aromatic hydroxyl groups is 1. The van der Waals surface area contributed by atoms with E-state index in [1.165, 1.54) is 16.5 Å². The van der Waals surface area contributed by atoms with Crippen molar-refractivity contribution in [2.24, 2.45) is 5.41 Å². The molecular weight excluding hydrogens is 364 g/mol. The van der Waals surface area contributed by atoms with Crippen LogP contribution in [0, 0.1) is 5.41 Å². The second-order valence-corrected chi connectivity index (χ2v) is 15.2. The van der Waals surface area contributed by atoms with Gasteiger partial charge in [-0.05, 0) is 78.0 Å². The molecule has 2 aliphatic carbocycles. The molecule has 0 radical (unpaired) electrons. The molecule has 2 aromatic rings. The van der Waals surface area contributed by atoms with Crippen LogP contribution >= 0.6 is 0 Å². The lowest BCUT2D eigenvalue weighted by Gasteiger charge is -2.39. The molecule has 0 amide bonds. The van der Waals surface area contributed by atoms with Gasteiger partial charge in [0.25, 0.3) is 8.32 Å². The quantitative estimate of drug-likeness (QED) is 0.603. The number of ketones is 1. The molecule has 1 saturated carbocycles. The summed E-state index contributed by atoms with van der Waals surface area (Å²) in [5.74, 6) is 1.84. The molecule has 1 fully saturated rings. The molecule has 28 heavy (non-hydrogen) atoms. The number of phenolic OH excluding ortho intramolecular Hbond substituents is 1. The highest BCUT2D eigenvalue weighted by Crippen LogP contribution is 2.56. The van der Waals surface area contributed by atoms with Crippen LogP contribution in [0.15, 0.2) is 24.3 Å². The Bertz CT molecular complexity index is 970. The highest BCUT2D eigenvalue weighted by atomic mass is 28.4. The van der Waals surface area contributed by atoms with Crippen LogP contribution in [0.3, 0.4) is 0 Å². The molecular formula is C24H32O3Si. The van der Waals surface area contributed by atoms with Crippen molar-refractivity contribution < 1.29 is 14.3 Å². The Morgan fingerprint density at radius 3 is 2.54 bits per heavy atom. The Morgan fingerprint density at radius 1 is 1.14 bits per heavy atom. The van der Waals surface area contributed by atoms with Gasteiger partial charge in [-0.3, -0.25) is 4.79 Å². The maximum Gasteiger partial charge on any atom is 0.250 e. The number of carbonyl (C=O) groups is 1. The first-order chi connectivity index (χ1) is 12.9. The van der Waals surface area contributed by atoms with Gasteiger partial charge in [-0.15, -0.1) is 0 Å². The average molecular weight is 397 g/mol. The van der Waals surface area contributed by atoms with E-state index in [-0.39, 0.29) is 22.1 Å². The summed E-state index contributed by atoms with van der Waals surface area (Å²) in [5.41, 5.74) is 2.41. The minimum atomic E-state index is -2.04. The zero-order chi connectivity index (χ0) is 20.5. The number of hydrogen-bond donors (Lipinski definition) is 1. The third kappa shape index (κ3) is 2.80. The second kappa shape index (κ2) is 6.09. The highest BCUT2D eigenvalue weighted by Gasteiger charge is 2.49. The summed E-state index contributed by atoms with van der Waals surface area (Å²) in [4.78, 5) is 12.6. The number of rotatable bonds is 2. The lowest BCUT2D eigenvalue weighted by atomic mass is 9.66. The van der Waals surface area contributed by atoms with Gasteiger partial charge < -0.3 is 9.53 Å². The minimum Gasteiger partial charge on any atom is -0.543 e. The number of Topliss-reactive ketones (excluding diaryl/α,β-unsaturated/α-hetero) is 1. The van der Waals surface area contributed by atoms with Crippen LogP contribution in [0.4, 0.5) is 0 Å². The van der Waals surface area contributed by atoms with Crippen molar-refractivity contribution >= 4 is 24.9 Å². The van der Waals surface area contributed by atoms with E-state index in [2.05, 4.69) is 46.9 Å². The van der Waals surface area contributed by atoms with E-state index in [1.54, 1.807) is 6.07 Å². The zero-order valence-corrected chi connectivity index (χ0v) is 19.0. The summed E-state index contributed by atoms with van der Waals surface area (Å²) < 4.78 is 6.75. The Balaban J connectivity index is 1.94. The number of aryl methyl sites for hydroxylation is 1. The van der Waals surface area contributed by atoms with Crippen LogP contribution in [-0.2, 0) is 11.2 Å². The summed E-state index contributed by atoms with van der Waals surface area (Å²) >= 11 is 0. The first-order valence-electron chi connectivity index (χ1n) is 10.4. The van der Waals surface area contributed by atoms with Gasteiger partial charge in [-0.25, -0.2) is 0 Å². The van der Waals surface area contributed by atoms with Gasteiger partial charge in [0.05, 0.1) is 0 Å². The molecule has 0 spiro atoms. The molecule has 2 atom stereocenters. The van der Waals surface area contributed by atoms with Crippen molar-refractivity contribution in [2.45, 2.75) is 77.4 Å². The SMILES string of the molecule is CC12CCc3c(cc(O[Si](C)(C)C(C)(C)C)c4cc(O)ccc34)[C@@H]1CCC2=O. The number of fused-ring (bicyclic) bond motifs is 5. The Morgan fingerprint density at radius 2 is 1.86 bits per heavy atom. The minimum absolute atomic E-state index is 0.0872. The van der Waals surface area contributed by atoms with Gasteiger partial charge in [0.2, 0.25) is 0 Å². The molecule has 2 aliphatic rings. The summed E-state index contributed by atoms with van der Waals surface area (Å²) in [7, 11) is -2.04. The van der Waals surface area contributed by atoms with Gasteiger partial charge in [0.15, 0.2) is 0 Å². The van der Waals surface area contributed by atoms with Gasteiger partial charge in [0.1, 0.15) is 17.3 Å². The first-order valence-corrected chi connectivity index (χ1v) is 13.4. The standard InChI is InChI=1S/C24H32O3Si/c1-23(2,3)28(5,6)27-21-14-18-17(16-8-7-15(25)13-19(16)21)11-12-24(4)20(18)9-10-22(24)26/h7-8,13-14,20,25H,9-12H2,1-6H3/t20-,24?/m0/s1. The predicted octanol–water partition coefficient (Wildman–Crippen LogP) is 6.33. The van der Waals surface area contributed by atoms with Crippen LogP contribution in [0.25, 0.3) is 10.8 Å². The highest BCUT2D eigenvalue weighted by molar-refractivity contribution is 6.74. The molecule has 4 rings (SSSR count). The molecule has 0 saturated heterocycles. The smallest absolute Gasteiger partial charge is 0.250 e. The van der Waals surface area contributed by atoms with Crippen molar-refractivity contribution in [3.63, 3.8) is 0 Å². The summed E-state index contributed by atoms with van der Waals surface area (Å²) in [5, 5.41) is 12.4. The summed E-state index contributed by atoms with van der Waals surface area (Å²) in [6.45, 7) is 13.4. The third-order valence-electron chi connectivity index (χ3n) is 7.74. The number of benzene rings is 2. The van der Waals surface area contributed by atoms with Crippen molar-refractivity contribution in [2.75, 3.05) is 0 Å². The molecule has 4 heteroatoms. The lowest BCUT2D eigenvalue weighted by molar-refractivity contribution is -0.126. The fraction of sp³-hybridized carbons (Fsp3) is 0.542. The average Bonchev–Trinajstić information content (AvgIpc) is 2.89. The summed E-state index contributed by atoms with van der Waals surface area (Å²) in [6.07, 6.45) is 3.45. The topological polar surface area (TPSA) is 46.5 Å². The van der Waals surface area contributed by atoms with Crippen molar-refractivity contribution in [1.29, 1.82) is 0 Å². The van der Waals surface area contributed by atoms with Crippen molar-refractivity contribution in [3.05, 3.63) is 35.4 Å². The molecule has 0 aromatic heterocycles. The van der Waals surface area contributed by atoms with E-state index in [0.29, 0.717) is 12.2 Å². The fourth-order valence-electron chi connectivity index (χ4n) is 4.83. The maximum atomic E-state index is 12.6. The van der Waals surface area contributed by atoms with E-state index < -0.39 is 8.32 Å². The third-order valence-corrected chi connectivity index (χ3v) is 12.1. The van der Waals surface area contributed by atoms with E-state index in [9.17, 15) is 9.90 Å². The van der Waals surface area contributed by atoms with E-state index in [0.717, 1.165) is 30.4 Å². The van der Waals surface area contributed by atoms with E-state index >= 15 is 0 Å². The van der Waals surface area contributed by atoms with Gasteiger partial charge >= 0.3 is 0 Å².